The minimum Gasteiger partial charge on any atom is -0.325 e. The van der Waals surface area contributed by atoms with Crippen LogP contribution in [0.2, 0.25) is 0 Å². The van der Waals surface area contributed by atoms with Gasteiger partial charge < -0.3 is 5.32 Å². The van der Waals surface area contributed by atoms with Crippen molar-refractivity contribution in [2.75, 3.05) is 11.1 Å². The lowest BCUT2D eigenvalue weighted by atomic mass is 9.85. The molecule has 6 nitrogen and oxygen atoms in total. The molecule has 1 aromatic carbocycles. The molecular formula is C23H27N5OS. The van der Waals surface area contributed by atoms with Gasteiger partial charge in [0.25, 0.3) is 0 Å². The van der Waals surface area contributed by atoms with Crippen LogP contribution in [0.3, 0.4) is 0 Å². The van der Waals surface area contributed by atoms with Crippen LogP contribution in [0.1, 0.15) is 44.2 Å². The molecule has 0 saturated heterocycles. The highest BCUT2D eigenvalue weighted by molar-refractivity contribution is 7.99. The van der Waals surface area contributed by atoms with Crippen molar-refractivity contribution in [3.05, 3.63) is 54.4 Å². The van der Waals surface area contributed by atoms with E-state index >= 15 is 0 Å². The molecule has 2 heterocycles. The van der Waals surface area contributed by atoms with Crippen molar-refractivity contribution < 1.29 is 4.79 Å². The number of benzene rings is 1. The van der Waals surface area contributed by atoms with Crippen LogP contribution in [0.15, 0.2) is 53.9 Å². The van der Waals surface area contributed by atoms with Gasteiger partial charge in [-0.2, -0.15) is 0 Å². The standard InChI is InChI=1S/C23H27N5OS/c1-16-9-11-19(12-10-16)25-21(29)15-30-23-27-26-22(18-7-5-13-24-14-18)28(23)20-8-4-3-6-17(20)2/h5,7,9-14,17,20H,3-4,6,8,15H2,1-2H3,(H,25,29). The van der Waals surface area contributed by atoms with Crippen LogP contribution in [0.4, 0.5) is 5.69 Å². The molecule has 0 radical (unpaired) electrons. The van der Waals surface area contributed by atoms with Crippen molar-refractivity contribution in [1.82, 2.24) is 19.7 Å². The molecule has 2 aromatic heterocycles. The number of nitrogens with one attached hydrogen (secondary N) is 1. The first-order valence-corrected chi connectivity index (χ1v) is 11.4. The summed E-state index contributed by atoms with van der Waals surface area (Å²) in [5.41, 5.74) is 2.93. The molecular weight excluding hydrogens is 394 g/mol. The number of carbonyl (C=O) groups excluding carboxylic acids is 1. The molecule has 4 rings (SSSR count). The monoisotopic (exact) mass is 421 g/mol. The minimum atomic E-state index is -0.0435. The number of amides is 1. The highest BCUT2D eigenvalue weighted by atomic mass is 32.2. The van der Waals surface area contributed by atoms with Gasteiger partial charge in [-0.15, -0.1) is 10.2 Å². The molecule has 0 bridgehead atoms. The molecule has 156 valence electrons. The van der Waals surface area contributed by atoms with Gasteiger partial charge in [-0.1, -0.05) is 49.2 Å². The van der Waals surface area contributed by atoms with E-state index in [1.165, 1.54) is 36.6 Å². The van der Waals surface area contributed by atoms with Gasteiger partial charge in [0, 0.05) is 29.7 Å². The Kier molecular flexibility index (Phi) is 6.47. The Bertz CT molecular complexity index is 987. The van der Waals surface area contributed by atoms with Gasteiger partial charge in [0.2, 0.25) is 5.91 Å². The molecule has 0 aliphatic heterocycles. The van der Waals surface area contributed by atoms with E-state index in [4.69, 9.17) is 0 Å². The SMILES string of the molecule is Cc1ccc(NC(=O)CSc2nnc(-c3cccnc3)n2C2CCCCC2C)cc1. The van der Waals surface area contributed by atoms with Crippen molar-refractivity contribution in [2.24, 2.45) is 5.92 Å². The summed E-state index contributed by atoms with van der Waals surface area (Å²) in [7, 11) is 0. The van der Waals surface area contributed by atoms with E-state index in [1.807, 2.05) is 49.5 Å². The molecule has 2 atom stereocenters. The largest absolute Gasteiger partial charge is 0.325 e. The van der Waals surface area contributed by atoms with Crippen molar-refractivity contribution in [3.8, 4) is 11.4 Å². The molecule has 1 amide bonds. The number of nitrogens with zero attached hydrogens (tertiary/aromatic N) is 4. The fraction of sp³-hybridized carbons (Fsp3) is 0.391. The number of anilines is 1. The summed E-state index contributed by atoms with van der Waals surface area (Å²) < 4.78 is 2.24. The second-order valence-electron chi connectivity index (χ2n) is 7.95. The highest BCUT2D eigenvalue weighted by Gasteiger charge is 2.29. The predicted molar refractivity (Wildman–Crippen MR) is 120 cm³/mol. The van der Waals surface area contributed by atoms with E-state index in [-0.39, 0.29) is 5.91 Å². The number of thioether (sulfide) groups is 1. The van der Waals surface area contributed by atoms with Crippen molar-refractivity contribution >= 4 is 23.4 Å². The number of hydrogen-bond donors (Lipinski definition) is 1. The lowest BCUT2D eigenvalue weighted by molar-refractivity contribution is -0.113. The van der Waals surface area contributed by atoms with E-state index in [0.29, 0.717) is 17.7 Å². The highest BCUT2D eigenvalue weighted by Crippen LogP contribution is 2.38. The van der Waals surface area contributed by atoms with E-state index in [1.54, 1.807) is 6.20 Å². The van der Waals surface area contributed by atoms with Gasteiger partial charge >= 0.3 is 0 Å². The number of hydrogen-bond acceptors (Lipinski definition) is 5. The summed E-state index contributed by atoms with van der Waals surface area (Å²) >= 11 is 1.45. The van der Waals surface area contributed by atoms with Crippen LogP contribution in [0.25, 0.3) is 11.4 Å². The number of carbonyl (C=O) groups is 1. The maximum Gasteiger partial charge on any atom is 0.234 e. The smallest absolute Gasteiger partial charge is 0.234 e. The van der Waals surface area contributed by atoms with Crippen LogP contribution in [-0.4, -0.2) is 31.4 Å². The van der Waals surface area contributed by atoms with Gasteiger partial charge in [0.15, 0.2) is 11.0 Å². The fourth-order valence-corrected chi connectivity index (χ4v) is 4.80. The Morgan fingerprint density at radius 3 is 2.70 bits per heavy atom. The summed E-state index contributed by atoms with van der Waals surface area (Å²) in [6.07, 6.45) is 8.37. The average molecular weight is 422 g/mol. The molecule has 0 spiro atoms. The second kappa shape index (κ2) is 9.43. The molecule has 2 unspecified atom stereocenters. The quantitative estimate of drug-likeness (QED) is 0.559. The number of pyridine rings is 1. The molecule has 1 N–H and O–H groups in total. The van der Waals surface area contributed by atoms with Crippen LogP contribution < -0.4 is 5.32 Å². The summed E-state index contributed by atoms with van der Waals surface area (Å²) in [6.45, 7) is 4.33. The average Bonchev–Trinajstić information content (AvgIpc) is 3.18. The lowest BCUT2D eigenvalue weighted by Gasteiger charge is -2.31. The Balaban J connectivity index is 1.54. The molecule has 30 heavy (non-hydrogen) atoms. The van der Waals surface area contributed by atoms with Crippen LogP contribution in [0.5, 0.6) is 0 Å². The molecule has 1 saturated carbocycles. The van der Waals surface area contributed by atoms with Gasteiger partial charge in [-0.05, 0) is 49.9 Å². The fourth-order valence-electron chi connectivity index (χ4n) is 4.01. The first kappa shape index (κ1) is 20.6. The second-order valence-corrected chi connectivity index (χ2v) is 8.89. The first-order valence-electron chi connectivity index (χ1n) is 10.5. The van der Waals surface area contributed by atoms with Gasteiger partial charge in [0.05, 0.1) is 5.75 Å². The summed E-state index contributed by atoms with van der Waals surface area (Å²) in [6, 6.07) is 12.1. The lowest BCUT2D eigenvalue weighted by Crippen LogP contribution is -2.23. The third kappa shape index (κ3) is 4.73. The molecule has 3 aromatic rings. The van der Waals surface area contributed by atoms with Crippen molar-refractivity contribution in [1.29, 1.82) is 0 Å². The van der Waals surface area contributed by atoms with E-state index in [9.17, 15) is 4.79 Å². The third-order valence-electron chi connectivity index (χ3n) is 5.65. The Hall–Kier alpha value is -2.67. The van der Waals surface area contributed by atoms with Crippen LogP contribution >= 0.6 is 11.8 Å². The summed E-state index contributed by atoms with van der Waals surface area (Å²) in [5, 5.41) is 12.7. The Morgan fingerprint density at radius 1 is 1.17 bits per heavy atom. The predicted octanol–water partition coefficient (Wildman–Crippen LogP) is 5.13. The number of aromatic nitrogens is 4. The topological polar surface area (TPSA) is 72.7 Å². The zero-order chi connectivity index (χ0) is 20.9. The molecule has 7 heteroatoms. The van der Waals surface area contributed by atoms with Gasteiger partial charge in [-0.25, -0.2) is 0 Å². The zero-order valence-electron chi connectivity index (χ0n) is 17.4. The summed E-state index contributed by atoms with van der Waals surface area (Å²) in [5.74, 6) is 1.63. The van der Waals surface area contributed by atoms with Crippen LogP contribution in [0, 0.1) is 12.8 Å². The Morgan fingerprint density at radius 2 is 1.97 bits per heavy atom. The van der Waals surface area contributed by atoms with E-state index in [2.05, 4.69) is 32.0 Å². The number of aryl methyl sites for hydroxylation is 1. The first-order chi connectivity index (χ1) is 14.6. The molecule has 1 aliphatic carbocycles. The summed E-state index contributed by atoms with van der Waals surface area (Å²) in [4.78, 5) is 16.8. The third-order valence-corrected chi connectivity index (χ3v) is 6.59. The minimum absolute atomic E-state index is 0.0435. The molecule has 1 fully saturated rings. The van der Waals surface area contributed by atoms with E-state index in [0.717, 1.165) is 28.7 Å². The maximum atomic E-state index is 12.5. The maximum absolute atomic E-state index is 12.5. The number of rotatable bonds is 6. The Labute approximate surface area is 181 Å². The van der Waals surface area contributed by atoms with Gasteiger partial charge in [-0.3, -0.25) is 14.3 Å². The normalized spacial score (nSPS) is 18.9. The zero-order valence-corrected chi connectivity index (χ0v) is 18.2. The van der Waals surface area contributed by atoms with Crippen molar-refractivity contribution in [2.45, 2.75) is 50.7 Å². The van der Waals surface area contributed by atoms with Crippen LogP contribution in [-0.2, 0) is 4.79 Å². The van der Waals surface area contributed by atoms with E-state index < -0.39 is 0 Å². The van der Waals surface area contributed by atoms with Gasteiger partial charge in [0.1, 0.15) is 0 Å². The molecule has 1 aliphatic rings. The van der Waals surface area contributed by atoms with Crippen molar-refractivity contribution in [3.63, 3.8) is 0 Å².